The molecule has 0 unspecified atom stereocenters. The Kier molecular flexibility index (Phi) is 8.53. The molecule has 27 heavy (non-hydrogen) atoms. The van der Waals surface area contributed by atoms with Crippen molar-refractivity contribution in [3.63, 3.8) is 0 Å². The summed E-state index contributed by atoms with van der Waals surface area (Å²) in [6, 6.07) is 26.5. The Hall–Kier alpha value is -0.685. The molecule has 0 aromatic heterocycles. The molecule has 0 amide bonds. The van der Waals surface area contributed by atoms with Gasteiger partial charge in [0.25, 0.3) is 0 Å². The molecule has 142 valence electrons. The summed E-state index contributed by atoms with van der Waals surface area (Å²) in [4.78, 5) is 0. The van der Waals surface area contributed by atoms with E-state index in [1.54, 1.807) is 0 Å². The van der Waals surface area contributed by atoms with Crippen LogP contribution in [0.15, 0.2) is 72.8 Å². The second-order valence-electron chi connectivity index (χ2n) is 6.31. The lowest BCUT2D eigenvalue weighted by molar-refractivity contribution is 1.49. The predicted molar refractivity (Wildman–Crippen MR) is 130 cm³/mol. The molecule has 0 saturated carbocycles. The second kappa shape index (κ2) is 10.2. The van der Waals surface area contributed by atoms with Crippen LogP contribution in [-0.4, -0.2) is 3.81 Å². The van der Waals surface area contributed by atoms with Crippen LogP contribution in [0.2, 0.25) is 0 Å². The van der Waals surface area contributed by atoms with Gasteiger partial charge >= 0.3 is 3.81 Å². The van der Waals surface area contributed by atoms with Crippen molar-refractivity contribution in [2.75, 3.05) is 0 Å². The van der Waals surface area contributed by atoms with Crippen molar-refractivity contribution < 1.29 is 0 Å². The van der Waals surface area contributed by atoms with E-state index in [1.165, 1.54) is 32.6 Å². The van der Waals surface area contributed by atoms with Crippen LogP contribution in [-0.2, 0) is 0 Å². The second-order valence-corrected chi connectivity index (χ2v) is 12.6. The molecule has 0 nitrogen and oxygen atoms in total. The van der Waals surface area contributed by atoms with E-state index in [4.69, 9.17) is 45.8 Å². The molecule has 6 heteroatoms. The zero-order chi connectivity index (χ0) is 20.0. The third-order valence-corrected chi connectivity index (χ3v) is 7.54. The zero-order valence-corrected chi connectivity index (χ0v) is 19.5. The van der Waals surface area contributed by atoms with Crippen molar-refractivity contribution in [2.24, 2.45) is 0 Å². The van der Waals surface area contributed by atoms with Crippen LogP contribution in [0, 0.1) is 20.8 Å². The maximum atomic E-state index is 4.89. The predicted octanol–water partition coefficient (Wildman–Crippen LogP) is 6.48. The lowest BCUT2D eigenvalue weighted by atomic mass is 10.2. The summed E-state index contributed by atoms with van der Waals surface area (Å²) in [7, 11) is -0.968. The maximum Gasteiger partial charge on any atom is 0.328 e. The van der Waals surface area contributed by atoms with Gasteiger partial charge in [0, 0.05) is 0 Å². The van der Waals surface area contributed by atoms with Gasteiger partial charge in [-0.15, -0.1) is 0 Å². The highest BCUT2D eigenvalue weighted by Gasteiger charge is 2.29. The van der Waals surface area contributed by atoms with Gasteiger partial charge in [0.15, 0.2) is 0 Å². The molecule has 0 N–H and O–H groups in total. The van der Waals surface area contributed by atoms with Crippen molar-refractivity contribution >= 4 is 73.5 Å². The molecule has 0 bridgehead atoms. The SMILES string of the molecule is Cc1ccccc1[PH+](c1ccccc1C)c1ccccc1C.Cl[B-](Cl)(Cl)Cl. The van der Waals surface area contributed by atoms with Crippen LogP contribution in [0.1, 0.15) is 16.7 Å². The van der Waals surface area contributed by atoms with Crippen LogP contribution >= 0.6 is 53.8 Å². The van der Waals surface area contributed by atoms with Crippen molar-refractivity contribution in [1.29, 1.82) is 0 Å². The number of benzene rings is 3. The fraction of sp³-hybridized carbons (Fsp3) is 0.143. The summed E-state index contributed by atoms with van der Waals surface area (Å²) < 4.78 is -2.11. The minimum Gasteiger partial charge on any atom is -0.332 e. The molecular formula is C21H22BCl4P. The van der Waals surface area contributed by atoms with Gasteiger partial charge < -0.3 is 45.8 Å². The quantitative estimate of drug-likeness (QED) is 0.312. The third-order valence-electron chi connectivity index (χ3n) is 4.24. The van der Waals surface area contributed by atoms with E-state index >= 15 is 0 Å². The number of halogens is 4. The van der Waals surface area contributed by atoms with Crippen molar-refractivity contribution in [3.05, 3.63) is 89.5 Å². The summed E-state index contributed by atoms with van der Waals surface area (Å²) in [5.41, 5.74) is 4.17. The first kappa shape index (κ1) is 22.6. The summed E-state index contributed by atoms with van der Waals surface area (Å²) in [5, 5.41) is 4.49. The molecule has 3 aromatic carbocycles. The summed E-state index contributed by atoms with van der Waals surface area (Å²) >= 11 is 19.6. The van der Waals surface area contributed by atoms with Gasteiger partial charge in [-0.3, -0.25) is 0 Å². The van der Waals surface area contributed by atoms with Gasteiger partial charge in [0.1, 0.15) is 15.9 Å². The Morgan fingerprint density at radius 1 is 0.519 bits per heavy atom. The van der Waals surface area contributed by atoms with Crippen molar-refractivity contribution in [1.82, 2.24) is 0 Å². The standard InChI is InChI=1S/C21H21P.BCl4/c1-16-10-4-7-13-19(16)22(20-14-8-5-11-17(20)2)21-15-9-6-12-18(21)3;2-1(3,4)5/h4-15H,1-3H3;/q;-1/p+1. The minimum atomic E-state index is -2.11. The third kappa shape index (κ3) is 7.01. The van der Waals surface area contributed by atoms with Crippen molar-refractivity contribution in [2.45, 2.75) is 20.8 Å². The summed E-state index contributed by atoms with van der Waals surface area (Å²) in [6.45, 7) is 6.70. The zero-order valence-electron chi connectivity index (χ0n) is 15.5. The van der Waals surface area contributed by atoms with E-state index in [0.29, 0.717) is 0 Å². The smallest absolute Gasteiger partial charge is 0.328 e. The first-order valence-corrected chi connectivity index (χ1v) is 11.9. The van der Waals surface area contributed by atoms with Crippen LogP contribution in [0.3, 0.4) is 0 Å². The Bertz CT molecular complexity index is 779. The van der Waals surface area contributed by atoms with Crippen LogP contribution in [0.4, 0.5) is 0 Å². The van der Waals surface area contributed by atoms with Gasteiger partial charge in [-0.25, -0.2) is 0 Å². The fourth-order valence-electron chi connectivity index (χ4n) is 3.00. The number of rotatable bonds is 3. The Balaban J connectivity index is 0.000000465. The molecule has 0 aliphatic heterocycles. The molecule has 0 aliphatic rings. The molecule has 0 saturated heterocycles. The maximum absolute atomic E-state index is 4.89. The van der Waals surface area contributed by atoms with E-state index in [9.17, 15) is 0 Å². The molecule has 0 aliphatic carbocycles. The lowest BCUT2D eigenvalue weighted by Crippen LogP contribution is -2.25. The number of hydrogen-bond acceptors (Lipinski definition) is 0. The minimum absolute atomic E-state index is 0.968. The largest absolute Gasteiger partial charge is 0.332 e. The topological polar surface area (TPSA) is 0 Å². The molecule has 0 radical (unpaired) electrons. The molecule has 3 rings (SSSR count). The number of hydrogen-bond donors (Lipinski definition) is 0. The molecule has 3 aromatic rings. The summed E-state index contributed by atoms with van der Waals surface area (Å²) in [5.74, 6) is 0. The Morgan fingerprint density at radius 2 is 0.741 bits per heavy atom. The van der Waals surface area contributed by atoms with E-state index < -0.39 is 11.7 Å². The Morgan fingerprint density at radius 3 is 0.963 bits per heavy atom. The van der Waals surface area contributed by atoms with Gasteiger partial charge in [0.2, 0.25) is 0 Å². The van der Waals surface area contributed by atoms with E-state index in [-0.39, 0.29) is 0 Å². The Labute approximate surface area is 183 Å². The highest BCUT2D eigenvalue weighted by molar-refractivity contribution is 7.81. The molecule has 0 spiro atoms. The molecule has 0 atom stereocenters. The fourth-order valence-corrected chi connectivity index (χ4v) is 6.09. The average Bonchev–Trinajstić information content (AvgIpc) is 2.58. The van der Waals surface area contributed by atoms with Crippen LogP contribution < -0.4 is 15.9 Å². The van der Waals surface area contributed by atoms with E-state index in [0.717, 1.165) is 0 Å². The van der Waals surface area contributed by atoms with Gasteiger partial charge in [-0.05, 0) is 55.7 Å². The van der Waals surface area contributed by atoms with E-state index in [1.807, 2.05) is 0 Å². The van der Waals surface area contributed by atoms with Gasteiger partial charge in [-0.2, -0.15) is 0 Å². The lowest BCUT2D eigenvalue weighted by Gasteiger charge is -2.16. The summed E-state index contributed by atoms with van der Waals surface area (Å²) in [6.07, 6.45) is 0. The first-order valence-electron chi connectivity index (χ1n) is 8.60. The average molecular weight is 458 g/mol. The highest BCUT2D eigenvalue weighted by Crippen LogP contribution is 2.36. The molecule has 0 fully saturated rings. The van der Waals surface area contributed by atoms with Crippen molar-refractivity contribution in [3.8, 4) is 0 Å². The van der Waals surface area contributed by atoms with Crippen LogP contribution in [0.25, 0.3) is 0 Å². The molecular weight excluding hydrogens is 436 g/mol. The van der Waals surface area contributed by atoms with Gasteiger partial charge in [0.05, 0.1) is 7.92 Å². The molecule has 0 heterocycles. The number of aryl methyl sites for hydroxylation is 3. The first-order chi connectivity index (χ1) is 12.7. The monoisotopic (exact) mass is 456 g/mol. The normalized spacial score (nSPS) is 11.1. The van der Waals surface area contributed by atoms with E-state index in [2.05, 4.69) is 93.6 Å². The van der Waals surface area contributed by atoms with Crippen LogP contribution in [0.5, 0.6) is 0 Å². The van der Waals surface area contributed by atoms with Gasteiger partial charge in [-0.1, -0.05) is 54.6 Å². The highest BCUT2D eigenvalue weighted by atomic mass is 35.6.